The van der Waals surface area contributed by atoms with Crippen LogP contribution in [-0.4, -0.2) is 18.7 Å². The molecule has 1 aliphatic heterocycles. The molecule has 1 aromatic rings. The van der Waals surface area contributed by atoms with Crippen molar-refractivity contribution in [1.82, 2.24) is 5.32 Å². The number of unbranched alkanes of at least 4 members (excludes halogenated alkanes) is 1. The van der Waals surface area contributed by atoms with E-state index in [4.69, 9.17) is 4.74 Å². The van der Waals surface area contributed by atoms with E-state index < -0.39 is 0 Å². The summed E-state index contributed by atoms with van der Waals surface area (Å²) in [5.74, 6) is 0.673. The number of fused-ring (bicyclic) bond motifs is 1. The van der Waals surface area contributed by atoms with E-state index in [9.17, 15) is 4.39 Å². The van der Waals surface area contributed by atoms with Gasteiger partial charge < -0.3 is 10.1 Å². The number of halogens is 1. The number of hydrogen-bond acceptors (Lipinski definition) is 2. The van der Waals surface area contributed by atoms with Crippen LogP contribution < -0.4 is 10.1 Å². The van der Waals surface area contributed by atoms with E-state index in [1.54, 1.807) is 12.1 Å². The van der Waals surface area contributed by atoms with Crippen molar-refractivity contribution in [3.63, 3.8) is 0 Å². The molecule has 0 saturated carbocycles. The molecule has 0 fully saturated rings. The maximum atomic E-state index is 13.2. The van der Waals surface area contributed by atoms with Crippen LogP contribution in [0, 0.1) is 5.82 Å². The van der Waals surface area contributed by atoms with Crippen molar-refractivity contribution >= 4 is 0 Å². The van der Waals surface area contributed by atoms with E-state index in [0.29, 0.717) is 6.04 Å². The maximum absolute atomic E-state index is 13.2. The molecular formula is C17H26FNO. The molecule has 1 N–H and O–H groups in total. The van der Waals surface area contributed by atoms with Gasteiger partial charge in [-0.05, 0) is 31.0 Å². The molecule has 2 nitrogen and oxygen atoms in total. The molecule has 0 aliphatic carbocycles. The highest BCUT2D eigenvalue weighted by atomic mass is 19.1. The molecular weight excluding hydrogens is 253 g/mol. The topological polar surface area (TPSA) is 21.3 Å². The van der Waals surface area contributed by atoms with Gasteiger partial charge in [-0.15, -0.1) is 0 Å². The average molecular weight is 279 g/mol. The third-order valence-electron chi connectivity index (χ3n) is 3.94. The van der Waals surface area contributed by atoms with Gasteiger partial charge in [0.1, 0.15) is 17.7 Å². The van der Waals surface area contributed by atoms with Gasteiger partial charge in [0.25, 0.3) is 0 Å². The van der Waals surface area contributed by atoms with E-state index in [1.165, 1.54) is 38.2 Å². The molecule has 0 spiro atoms. The van der Waals surface area contributed by atoms with Gasteiger partial charge in [0.05, 0.1) is 0 Å². The number of ether oxygens (including phenoxy) is 1. The Hall–Kier alpha value is -1.09. The highest BCUT2D eigenvalue weighted by molar-refractivity contribution is 5.37. The molecule has 1 heterocycles. The van der Waals surface area contributed by atoms with Gasteiger partial charge in [-0.3, -0.25) is 0 Å². The predicted molar refractivity (Wildman–Crippen MR) is 80.7 cm³/mol. The second-order valence-electron chi connectivity index (χ2n) is 5.73. The Bertz CT molecular complexity index is 421. The first kappa shape index (κ1) is 15.3. The van der Waals surface area contributed by atoms with Crippen LogP contribution in [0.25, 0.3) is 0 Å². The van der Waals surface area contributed by atoms with Crippen LogP contribution in [0.5, 0.6) is 5.75 Å². The molecule has 1 aliphatic rings. The molecule has 0 radical (unpaired) electrons. The summed E-state index contributed by atoms with van der Waals surface area (Å²) in [7, 11) is 0. The Balaban J connectivity index is 1.80. The summed E-state index contributed by atoms with van der Waals surface area (Å²) in [6.45, 7) is 5.31. The van der Waals surface area contributed by atoms with E-state index in [0.717, 1.165) is 24.3 Å². The zero-order valence-corrected chi connectivity index (χ0v) is 12.6. The van der Waals surface area contributed by atoms with Gasteiger partial charge in [-0.2, -0.15) is 0 Å². The highest BCUT2D eigenvalue weighted by Gasteiger charge is 2.23. The fourth-order valence-electron chi connectivity index (χ4n) is 2.85. The Labute approximate surface area is 121 Å². The highest BCUT2D eigenvalue weighted by Crippen LogP contribution is 2.29. The molecule has 2 unspecified atom stereocenters. The zero-order valence-electron chi connectivity index (χ0n) is 12.6. The van der Waals surface area contributed by atoms with Gasteiger partial charge >= 0.3 is 0 Å². The van der Waals surface area contributed by atoms with E-state index in [2.05, 4.69) is 19.2 Å². The quantitative estimate of drug-likeness (QED) is 0.774. The minimum absolute atomic E-state index is 0.146. The molecule has 2 rings (SSSR count). The molecule has 1 aromatic carbocycles. The van der Waals surface area contributed by atoms with Crippen molar-refractivity contribution in [2.45, 2.75) is 64.5 Å². The molecule has 0 bridgehead atoms. The van der Waals surface area contributed by atoms with Gasteiger partial charge in [-0.1, -0.05) is 33.1 Å². The molecule has 0 saturated heterocycles. The van der Waals surface area contributed by atoms with Crippen molar-refractivity contribution in [2.24, 2.45) is 0 Å². The summed E-state index contributed by atoms with van der Waals surface area (Å²) in [5.41, 5.74) is 0.998. The van der Waals surface area contributed by atoms with Gasteiger partial charge in [0.15, 0.2) is 0 Å². The third-order valence-corrected chi connectivity index (χ3v) is 3.94. The van der Waals surface area contributed by atoms with E-state index in [1.807, 2.05) is 0 Å². The van der Waals surface area contributed by atoms with Crippen LogP contribution in [0.4, 0.5) is 4.39 Å². The Morgan fingerprint density at radius 3 is 2.90 bits per heavy atom. The van der Waals surface area contributed by atoms with Gasteiger partial charge in [0, 0.05) is 24.6 Å². The lowest BCUT2D eigenvalue weighted by Gasteiger charge is -2.20. The fraction of sp³-hybridized carbons (Fsp3) is 0.647. The average Bonchev–Trinajstić information content (AvgIpc) is 2.83. The normalized spacial score (nSPS) is 18.6. The number of nitrogens with one attached hydrogen (secondary N) is 1. The minimum Gasteiger partial charge on any atom is -0.488 e. The minimum atomic E-state index is -0.173. The molecule has 112 valence electrons. The summed E-state index contributed by atoms with van der Waals surface area (Å²) < 4.78 is 19.0. The standard InChI is InChI=1S/C17H26FNO/c1-3-5-7-15(6-4-2)19-12-16-11-13-10-14(18)8-9-17(13)20-16/h8-10,15-16,19H,3-7,11-12H2,1-2H3. The second-order valence-corrected chi connectivity index (χ2v) is 5.73. The van der Waals surface area contributed by atoms with E-state index >= 15 is 0 Å². The SMILES string of the molecule is CCCCC(CCC)NCC1Cc2cc(F)ccc2O1. The van der Waals surface area contributed by atoms with Crippen LogP contribution in [0.1, 0.15) is 51.5 Å². The van der Waals surface area contributed by atoms with Crippen LogP contribution >= 0.6 is 0 Å². The summed E-state index contributed by atoms with van der Waals surface area (Å²) >= 11 is 0. The van der Waals surface area contributed by atoms with E-state index in [-0.39, 0.29) is 11.9 Å². The summed E-state index contributed by atoms with van der Waals surface area (Å²) in [4.78, 5) is 0. The molecule has 3 heteroatoms. The summed E-state index contributed by atoms with van der Waals surface area (Å²) in [6, 6.07) is 5.39. The van der Waals surface area contributed by atoms with Crippen molar-refractivity contribution in [3.05, 3.63) is 29.6 Å². The van der Waals surface area contributed by atoms with Crippen LogP contribution in [0.3, 0.4) is 0 Å². The lowest BCUT2D eigenvalue weighted by Crippen LogP contribution is -2.37. The first-order valence-corrected chi connectivity index (χ1v) is 7.91. The number of benzene rings is 1. The first-order chi connectivity index (χ1) is 9.72. The lowest BCUT2D eigenvalue weighted by atomic mass is 10.0. The van der Waals surface area contributed by atoms with Crippen LogP contribution in [0.2, 0.25) is 0 Å². The van der Waals surface area contributed by atoms with Crippen molar-refractivity contribution in [3.8, 4) is 5.75 Å². The maximum Gasteiger partial charge on any atom is 0.123 e. The van der Waals surface area contributed by atoms with Gasteiger partial charge in [0.2, 0.25) is 0 Å². The fourth-order valence-corrected chi connectivity index (χ4v) is 2.85. The third kappa shape index (κ3) is 4.20. The molecule has 2 atom stereocenters. The Morgan fingerprint density at radius 2 is 2.15 bits per heavy atom. The Kier molecular flexibility index (Phi) is 5.84. The van der Waals surface area contributed by atoms with Crippen molar-refractivity contribution in [2.75, 3.05) is 6.54 Å². The lowest BCUT2D eigenvalue weighted by molar-refractivity contribution is 0.218. The molecule has 0 amide bonds. The predicted octanol–water partition coefficient (Wildman–Crippen LogP) is 4.08. The molecule has 0 aromatic heterocycles. The van der Waals surface area contributed by atoms with Crippen molar-refractivity contribution < 1.29 is 9.13 Å². The van der Waals surface area contributed by atoms with Crippen molar-refractivity contribution in [1.29, 1.82) is 0 Å². The monoisotopic (exact) mass is 279 g/mol. The van der Waals surface area contributed by atoms with Crippen LogP contribution in [0.15, 0.2) is 18.2 Å². The smallest absolute Gasteiger partial charge is 0.123 e. The number of rotatable bonds is 8. The van der Waals surface area contributed by atoms with Gasteiger partial charge in [-0.25, -0.2) is 4.39 Å². The largest absolute Gasteiger partial charge is 0.488 e. The Morgan fingerprint density at radius 1 is 1.30 bits per heavy atom. The van der Waals surface area contributed by atoms with Crippen LogP contribution in [-0.2, 0) is 6.42 Å². The summed E-state index contributed by atoms with van der Waals surface area (Å²) in [5, 5.41) is 3.63. The second kappa shape index (κ2) is 7.63. The number of hydrogen-bond donors (Lipinski definition) is 1. The first-order valence-electron chi connectivity index (χ1n) is 7.91. The summed E-state index contributed by atoms with van der Waals surface area (Å²) in [6.07, 6.45) is 7.13. The molecule has 20 heavy (non-hydrogen) atoms. The zero-order chi connectivity index (χ0) is 14.4.